The molecule has 47 heavy (non-hydrogen) atoms. The quantitative estimate of drug-likeness (QED) is 0.116. The minimum absolute atomic E-state index is 0. The Kier molecular flexibility index (Phi) is 23.6. The standard InChI is InChI=1S/C27H59Si6.C7H19Si2.Pb.H2S4/c1-28(2,3)25(29(4,5)6)22-19-23(26(30(7,8)9)31(10,11)12)21-24(20-22)27(32(13,14)15)33(16,17)18;1-8(2,3)7-9(4,5)6;;1-3-4-2/h19-20,25-27H,1-18H3;7H,1-6H3;;1-2H/q;;+2;/p-2. The molecule has 1 aromatic rings. The third kappa shape index (κ3) is 22.3. The van der Waals surface area contributed by atoms with Crippen LogP contribution >= 0.6 is 19.7 Å². The molecule has 0 fully saturated rings. The van der Waals surface area contributed by atoms with E-state index in [2.05, 4.69) is 204 Å². The molecule has 0 aromatic heterocycles. The van der Waals surface area contributed by atoms with Gasteiger partial charge in [-0.2, -0.15) is 0 Å². The fourth-order valence-electron chi connectivity index (χ4n) is 9.18. The Morgan fingerprint density at radius 1 is 0.447 bits per heavy atom. The van der Waals surface area contributed by atoms with Crippen molar-refractivity contribution in [3.63, 3.8) is 0 Å². The summed E-state index contributed by atoms with van der Waals surface area (Å²) in [7, 11) is -7.65. The fraction of sp³-hybridized carbons (Fsp3) is 0.794. The molecule has 1 aromatic carbocycles. The fourth-order valence-corrected chi connectivity index (χ4v) is 57.4. The second kappa shape index (κ2) is 20.3. The van der Waals surface area contributed by atoms with E-state index in [4.69, 9.17) is 0 Å². The van der Waals surface area contributed by atoms with Gasteiger partial charge in [0.25, 0.3) is 0 Å². The second-order valence-electron chi connectivity index (χ2n) is 22.3. The first-order chi connectivity index (χ1) is 19.8. The average molecular weight is 1050 g/mol. The Balaban J connectivity index is -0.00000116. The van der Waals surface area contributed by atoms with Gasteiger partial charge in [-0.05, 0) is 38.3 Å². The van der Waals surface area contributed by atoms with Gasteiger partial charge in [0, 0.05) is 64.6 Å². The molecule has 274 valence electrons. The van der Waals surface area contributed by atoms with Crippen molar-refractivity contribution in [1.82, 2.24) is 0 Å². The van der Waals surface area contributed by atoms with E-state index in [-0.39, 0.29) is 27.3 Å². The molecular weight excluding hydrogens is 969 g/mol. The summed E-state index contributed by atoms with van der Waals surface area (Å²) in [5.41, 5.74) is 7.59. The van der Waals surface area contributed by atoms with Crippen LogP contribution < -0.4 is 0 Å². The third-order valence-corrected chi connectivity index (χ3v) is 45.0. The van der Waals surface area contributed by atoms with Crippen molar-refractivity contribution in [3.8, 4) is 0 Å². The molecule has 4 radical (unpaired) electrons. The smallest absolute Gasteiger partial charge is 0.709 e. The van der Waals surface area contributed by atoms with E-state index in [1.807, 2.05) is 0 Å². The van der Waals surface area contributed by atoms with Crippen LogP contribution in [0, 0.1) is 11.7 Å². The summed E-state index contributed by atoms with van der Waals surface area (Å²) in [5, 5.41) is 2.32. The van der Waals surface area contributed by atoms with E-state index in [0.717, 1.165) is 15.5 Å². The second-order valence-corrected chi connectivity index (χ2v) is 70.1. The topological polar surface area (TPSA) is 0 Å². The van der Waals surface area contributed by atoms with Crippen molar-refractivity contribution in [2.45, 2.75) is 173 Å². The summed E-state index contributed by atoms with van der Waals surface area (Å²) in [4.78, 5) is 0. The van der Waals surface area contributed by atoms with E-state index in [1.165, 1.54) is 19.7 Å². The van der Waals surface area contributed by atoms with Gasteiger partial charge in [0.05, 0.1) is 0 Å². The first-order valence-corrected chi connectivity index (χ1v) is 49.9. The molecule has 0 N–H and O–H groups in total. The van der Waals surface area contributed by atoms with Gasteiger partial charge < -0.3 is 23.3 Å². The number of hydrogen-bond donors (Lipinski definition) is 0. The molecular formula is C34H78PbS4Si8. The molecule has 0 bridgehead atoms. The van der Waals surface area contributed by atoms with E-state index >= 15 is 0 Å². The zero-order valence-electron chi connectivity index (χ0n) is 35.6. The van der Waals surface area contributed by atoms with Crippen LogP contribution in [0.25, 0.3) is 0 Å². The Morgan fingerprint density at radius 2 is 0.660 bits per heavy atom. The maximum absolute atomic E-state index is 4.33. The van der Waals surface area contributed by atoms with Crippen LogP contribution in [-0.2, 0) is 23.3 Å². The van der Waals surface area contributed by atoms with Crippen molar-refractivity contribution in [1.29, 1.82) is 0 Å². The predicted molar refractivity (Wildman–Crippen MR) is 260 cm³/mol. The van der Waals surface area contributed by atoms with Gasteiger partial charge in [-0.3, -0.25) is 19.7 Å². The van der Waals surface area contributed by atoms with Gasteiger partial charge in [-0.25, -0.2) is 0 Å². The minimum atomic E-state index is -1.39. The van der Waals surface area contributed by atoms with Crippen LogP contribution in [0.5, 0.6) is 0 Å². The molecule has 0 aliphatic heterocycles. The van der Waals surface area contributed by atoms with E-state index in [1.54, 1.807) is 16.7 Å². The SMILES string of the molecule is C[Si](C)(C)C(c1[c]c(C([Si](C)(C)C)[Si](C)(C)C)cc(C([Si](C)(C)C)[Si](C)(C)C)c1)[Si](C)(C)C.C[Si](C)(C)[CH][Si](C)(C)C.[Pb+2].[S-]SS[S-]. The average Bonchev–Trinajstić information content (AvgIpc) is 2.64. The zero-order valence-corrected chi connectivity index (χ0v) is 50.8. The van der Waals surface area contributed by atoms with Crippen molar-refractivity contribution in [3.05, 3.63) is 40.6 Å². The van der Waals surface area contributed by atoms with Gasteiger partial charge in [0.2, 0.25) is 0 Å². The number of rotatable bonds is 12. The summed E-state index contributed by atoms with van der Waals surface area (Å²) in [5.74, 6) is 0. The molecule has 0 saturated heterocycles. The molecule has 0 aliphatic carbocycles. The molecule has 0 amide bonds. The van der Waals surface area contributed by atoms with Crippen molar-refractivity contribution >= 4 is 135 Å². The van der Waals surface area contributed by atoms with Gasteiger partial charge in [-0.15, -0.1) is 0 Å². The third-order valence-electron chi connectivity index (χ3n) is 7.98. The van der Waals surface area contributed by atoms with Crippen molar-refractivity contribution in [2.24, 2.45) is 0 Å². The number of hydrogen-bond acceptors (Lipinski definition) is 4. The molecule has 0 spiro atoms. The molecule has 13 heteroatoms. The van der Waals surface area contributed by atoms with Crippen LogP contribution in [0.2, 0.25) is 157 Å². The maximum atomic E-state index is 4.33. The predicted octanol–water partition coefficient (Wildman–Crippen LogP) is 13.9. The zero-order chi connectivity index (χ0) is 37.7. The minimum Gasteiger partial charge on any atom is -0.709 e. The van der Waals surface area contributed by atoms with E-state index < -0.39 is 64.6 Å². The van der Waals surface area contributed by atoms with Crippen molar-refractivity contribution < 1.29 is 0 Å². The Hall–Kier alpha value is 3.28. The summed E-state index contributed by atoms with van der Waals surface area (Å²) in [6.45, 7) is 61.5. The molecule has 0 aliphatic rings. The van der Waals surface area contributed by atoms with Gasteiger partial charge in [0.15, 0.2) is 0 Å². The largest absolute Gasteiger partial charge is 2.00 e. The van der Waals surface area contributed by atoms with Crippen LogP contribution in [0.1, 0.15) is 32.2 Å². The molecule has 1 rings (SSSR count). The first-order valence-electron chi connectivity index (χ1n) is 17.3. The maximum Gasteiger partial charge on any atom is 2.00 e. The Morgan fingerprint density at radius 3 is 0.787 bits per heavy atom. The van der Waals surface area contributed by atoms with E-state index in [9.17, 15) is 0 Å². The van der Waals surface area contributed by atoms with Crippen LogP contribution in [0.15, 0.2) is 12.1 Å². The summed E-state index contributed by atoms with van der Waals surface area (Å²) in [6.07, 6.45) is 0. The van der Waals surface area contributed by atoms with Gasteiger partial charge in [0.1, 0.15) is 0 Å². The molecule has 0 unspecified atom stereocenters. The van der Waals surface area contributed by atoms with Crippen molar-refractivity contribution in [2.75, 3.05) is 0 Å². The summed E-state index contributed by atoms with van der Waals surface area (Å²) in [6, 6.07) is 9.65. The Bertz CT molecular complexity index is 870. The summed E-state index contributed by atoms with van der Waals surface area (Å²) < 4.78 is 0. The van der Waals surface area contributed by atoms with Crippen LogP contribution in [0.3, 0.4) is 0 Å². The summed E-state index contributed by atoms with van der Waals surface area (Å²) >= 11 is 8.66. The Labute approximate surface area is 344 Å². The van der Waals surface area contributed by atoms with Gasteiger partial charge in [-0.1, -0.05) is 175 Å². The molecule has 0 saturated carbocycles. The normalized spacial score (nSPS) is 14.0. The van der Waals surface area contributed by atoms with Crippen LogP contribution in [0.4, 0.5) is 0 Å². The molecule has 0 nitrogen and oxygen atoms in total. The molecule has 0 atom stereocenters. The van der Waals surface area contributed by atoms with Gasteiger partial charge >= 0.3 is 27.3 Å². The van der Waals surface area contributed by atoms with Crippen LogP contribution in [-0.4, -0.2) is 91.9 Å². The number of benzene rings is 1. The monoisotopic (exact) mass is 1050 g/mol. The van der Waals surface area contributed by atoms with E-state index in [0.29, 0.717) is 0 Å². The first kappa shape index (κ1) is 54.6. The molecule has 0 heterocycles.